The van der Waals surface area contributed by atoms with Gasteiger partial charge in [0.05, 0.1) is 4.90 Å². The molecule has 2 amide bonds. The Hall–Kier alpha value is -3.49. The van der Waals surface area contributed by atoms with Crippen LogP contribution >= 0.6 is 0 Å². The molecule has 7 nitrogen and oxygen atoms in total. The molecule has 3 rings (SSSR count). The van der Waals surface area contributed by atoms with Crippen LogP contribution in [0, 0.1) is 6.92 Å². The number of anilines is 1. The third-order valence-corrected chi connectivity index (χ3v) is 6.67. The Morgan fingerprint density at radius 3 is 2.03 bits per heavy atom. The molecule has 0 aliphatic rings. The Morgan fingerprint density at radius 1 is 0.853 bits per heavy atom. The molecule has 178 valence electrons. The van der Waals surface area contributed by atoms with Crippen molar-refractivity contribution in [1.29, 1.82) is 0 Å². The van der Waals surface area contributed by atoms with Crippen molar-refractivity contribution in [3.05, 3.63) is 95.6 Å². The summed E-state index contributed by atoms with van der Waals surface area (Å²) in [5.41, 5.74) is 1.27. The van der Waals surface area contributed by atoms with Gasteiger partial charge in [-0.1, -0.05) is 54.6 Å². The van der Waals surface area contributed by atoms with Crippen LogP contribution in [0.2, 0.25) is 0 Å². The molecule has 0 spiro atoms. The van der Waals surface area contributed by atoms with Crippen LogP contribution in [0.1, 0.15) is 48.3 Å². The maximum absolute atomic E-state index is 13.3. The Balaban J connectivity index is 1.91. The number of hydrogen-bond donors (Lipinski definition) is 3. The van der Waals surface area contributed by atoms with Gasteiger partial charge in [-0.3, -0.25) is 9.59 Å². The molecule has 1 atom stereocenters. The van der Waals surface area contributed by atoms with E-state index in [1.807, 2.05) is 12.1 Å². The number of amides is 2. The zero-order chi connectivity index (χ0) is 24.9. The molecule has 0 saturated heterocycles. The first kappa shape index (κ1) is 25.1. The monoisotopic (exact) mass is 479 g/mol. The Bertz CT molecular complexity index is 1270. The second-order valence-electron chi connectivity index (χ2n) is 9.00. The lowest BCUT2D eigenvalue weighted by atomic mass is 10.0. The van der Waals surface area contributed by atoms with Crippen LogP contribution in [0.5, 0.6) is 0 Å². The minimum atomic E-state index is -3.84. The third-order valence-electron chi connectivity index (χ3n) is 4.92. The Kier molecular flexibility index (Phi) is 7.54. The number of sulfonamides is 1. The highest BCUT2D eigenvalue weighted by atomic mass is 32.2. The topological polar surface area (TPSA) is 104 Å². The van der Waals surface area contributed by atoms with Crippen molar-refractivity contribution in [2.75, 3.05) is 5.32 Å². The molecule has 0 bridgehead atoms. The minimum absolute atomic E-state index is 0.0248. The van der Waals surface area contributed by atoms with Gasteiger partial charge in [-0.25, -0.2) is 13.1 Å². The number of carbonyl (C=O) groups is 2. The number of para-hydroxylation sites is 1. The molecular formula is C26H29N3O4S. The van der Waals surface area contributed by atoms with E-state index in [0.29, 0.717) is 16.8 Å². The van der Waals surface area contributed by atoms with Crippen LogP contribution in [-0.4, -0.2) is 25.8 Å². The molecule has 8 heteroatoms. The highest BCUT2D eigenvalue weighted by Gasteiger charge is 2.26. The van der Waals surface area contributed by atoms with Crippen LogP contribution in [0.15, 0.2) is 83.8 Å². The second kappa shape index (κ2) is 10.2. The summed E-state index contributed by atoms with van der Waals surface area (Å²) in [5.74, 6) is -0.969. The average molecular weight is 480 g/mol. The van der Waals surface area contributed by atoms with Crippen molar-refractivity contribution in [2.24, 2.45) is 0 Å². The summed E-state index contributed by atoms with van der Waals surface area (Å²) in [6, 6.07) is 21.2. The molecule has 3 aromatic carbocycles. The van der Waals surface area contributed by atoms with Crippen LogP contribution in [-0.2, 0) is 14.8 Å². The smallest absolute Gasteiger partial charge is 0.252 e. The lowest BCUT2D eigenvalue weighted by Crippen LogP contribution is -2.40. The van der Waals surface area contributed by atoms with Crippen molar-refractivity contribution in [2.45, 2.75) is 44.2 Å². The van der Waals surface area contributed by atoms with E-state index in [-0.39, 0.29) is 10.5 Å². The molecule has 0 fully saturated rings. The molecule has 0 aromatic heterocycles. The standard InChI is InChI=1S/C26H29N3O4S/c1-18-15-16-21(34(32,33)29-26(2,3)4)17-22(18)24(30)28-23(19-11-7-5-8-12-19)25(31)27-20-13-9-6-10-14-20/h5-17,23,29H,1-4H3,(H,27,31)(H,28,30). The van der Waals surface area contributed by atoms with Crippen molar-refractivity contribution in [1.82, 2.24) is 10.0 Å². The predicted molar refractivity (Wildman–Crippen MR) is 133 cm³/mol. The van der Waals surface area contributed by atoms with Crippen LogP contribution in [0.4, 0.5) is 5.69 Å². The van der Waals surface area contributed by atoms with E-state index < -0.39 is 33.4 Å². The zero-order valence-electron chi connectivity index (χ0n) is 19.6. The van der Waals surface area contributed by atoms with Gasteiger partial charge < -0.3 is 10.6 Å². The van der Waals surface area contributed by atoms with Gasteiger partial charge in [0.1, 0.15) is 6.04 Å². The molecule has 0 radical (unpaired) electrons. The van der Waals surface area contributed by atoms with Crippen LogP contribution < -0.4 is 15.4 Å². The van der Waals surface area contributed by atoms with Gasteiger partial charge in [0.15, 0.2) is 0 Å². The molecule has 1 unspecified atom stereocenters. The first-order valence-electron chi connectivity index (χ1n) is 10.8. The summed E-state index contributed by atoms with van der Waals surface area (Å²) >= 11 is 0. The van der Waals surface area contributed by atoms with E-state index in [2.05, 4.69) is 15.4 Å². The molecule has 0 aliphatic heterocycles. The minimum Gasteiger partial charge on any atom is -0.336 e. The van der Waals surface area contributed by atoms with Crippen molar-refractivity contribution in [3.63, 3.8) is 0 Å². The number of nitrogens with one attached hydrogen (secondary N) is 3. The summed E-state index contributed by atoms with van der Waals surface area (Å²) in [7, 11) is -3.84. The number of rotatable bonds is 7. The van der Waals surface area contributed by atoms with Crippen LogP contribution in [0.3, 0.4) is 0 Å². The number of benzene rings is 3. The zero-order valence-corrected chi connectivity index (χ0v) is 20.4. The molecular weight excluding hydrogens is 450 g/mol. The summed E-state index contributed by atoms with van der Waals surface area (Å²) in [6.07, 6.45) is 0. The van der Waals surface area contributed by atoms with E-state index in [1.165, 1.54) is 12.1 Å². The van der Waals surface area contributed by atoms with Gasteiger partial charge in [-0.2, -0.15) is 0 Å². The van der Waals surface area contributed by atoms with Gasteiger partial charge in [-0.05, 0) is 63.1 Å². The van der Waals surface area contributed by atoms with Gasteiger partial charge >= 0.3 is 0 Å². The first-order chi connectivity index (χ1) is 16.0. The third kappa shape index (κ3) is 6.52. The van der Waals surface area contributed by atoms with E-state index in [9.17, 15) is 18.0 Å². The number of hydrogen-bond acceptors (Lipinski definition) is 4. The predicted octanol–water partition coefficient (Wildman–Crippen LogP) is 4.18. The Labute approximate surface area is 200 Å². The molecule has 0 heterocycles. The summed E-state index contributed by atoms with van der Waals surface area (Å²) < 4.78 is 28.2. The average Bonchev–Trinajstić information content (AvgIpc) is 2.77. The normalized spacial score (nSPS) is 12.6. The fourth-order valence-corrected chi connectivity index (χ4v) is 4.81. The lowest BCUT2D eigenvalue weighted by molar-refractivity contribution is -0.118. The maximum atomic E-state index is 13.3. The molecule has 3 N–H and O–H groups in total. The molecule has 34 heavy (non-hydrogen) atoms. The van der Waals surface area contributed by atoms with E-state index >= 15 is 0 Å². The number of aryl methyl sites for hydroxylation is 1. The van der Waals surface area contributed by atoms with E-state index in [0.717, 1.165) is 0 Å². The van der Waals surface area contributed by atoms with E-state index in [1.54, 1.807) is 82.3 Å². The maximum Gasteiger partial charge on any atom is 0.252 e. The quantitative estimate of drug-likeness (QED) is 0.473. The second-order valence-corrected chi connectivity index (χ2v) is 10.7. The molecule has 0 aliphatic carbocycles. The summed E-state index contributed by atoms with van der Waals surface area (Å²) in [4.78, 5) is 26.4. The van der Waals surface area contributed by atoms with Crippen LogP contribution in [0.25, 0.3) is 0 Å². The molecule has 0 saturated carbocycles. The SMILES string of the molecule is Cc1ccc(S(=O)(=O)NC(C)(C)C)cc1C(=O)NC(C(=O)Nc1ccccc1)c1ccccc1. The van der Waals surface area contributed by atoms with Gasteiger partial charge in [-0.15, -0.1) is 0 Å². The molecule has 3 aromatic rings. The van der Waals surface area contributed by atoms with Gasteiger partial charge in [0.25, 0.3) is 11.8 Å². The van der Waals surface area contributed by atoms with Crippen molar-refractivity contribution < 1.29 is 18.0 Å². The number of carbonyl (C=O) groups excluding carboxylic acids is 2. The van der Waals surface area contributed by atoms with E-state index in [4.69, 9.17) is 0 Å². The summed E-state index contributed by atoms with van der Waals surface area (Å²) in [6.45, 7) is 6.93. The van der Waals surface area contributed by atoms with Crippen molar-refractivity contribution in [3.8, 4) is 0 Å². The highest BCUT2D eigenvalue weighted by Crippen LogP contribution is 2.21. The highest BCUT2D eigenvalue weighted by molar-refractivity contribution is 7.89. The Morgan fingerprint density at radius 2 is 1.44 bits per heavy atom. The fourth-order valence-electron chi connectivity index (χ4n) is 3.37. The largest absolute Gasteiger partial charge is 0.336 e. The van der Waals surface area contributed by atoms with Crippen molar-refractivity contribution >= 4 is 27.5 Å². The fraction of sp³-hybridized carbons (Fsp3) is 0.231. The van der Waals surface area contributed by atoms with Gasteiger partial charge in [0, 0.05) is 16.8 Å². The lowest BCUT2D eigenvalue weighted by Gasteiger charge is -2.22. The van der Waals surface area contributed by atoms with Gasteiger partial charge in [0.2, 0.25) is 10.0 Å². The first-order valence-corrected chi connectivity index (χ1v) is 12.3. The summed E-state index contributed by atoms with van der Waals surface area (Å²) in [5, 5.41) is 5.58.